The Labute approximate surface area is 126 Å². The lowest BCUT2D eigenvalue weighted by Crippen LogP contribution is -2.22. The predicted octanol–water partition coefficient (Wildman–Crippen LogP) is 3.42. The summed E-state index contributed by atoms with van der Waals surface area (Å²) in [5, 5.41) is 0. The van der Waals surface area contributed by atoms with Gasteiger partial charge in [0.2, 0.25) is 0 Å². The third-order valence-corrected chi connectivity index (χ3v) is 3.13. The van der Waals surface area contributed by atoms with E-state index in [-0.39, 0.29) is 12.4 Å². The van der Waals surface area contributed by atoms with Gasteiger partial charge in [0.25, 0.3) is 0 Å². The number of benzene rings is 1. The number of hydrogen-bond donors (Lipinski definition) is 0. The predicted molar refractivity (Wildman–Crippen MR) is 84.8 cm³/mol. The summed E-state index contributed by atoms with van der Waals surface area (Å²) in [4.78, 5) is 10.9. The normalized spacial score (nSPS) is 9.75. The molecule has 0 fully saturated rings. The SMILES string of the molecule is CCN(CC)c1cc(-c2ccc(OC)cc2)ncn1.Cl. The first-order valence-electron chi connectivity index (χ1n) is 6.49. The molecule has 0 N–H and O–H groups in total. The van der Waals surface area contributed by atoms with Gasteiger partial charge in [0.15, 0.2) is 0 Å². The van der Waals surface area contributed by atoms with Crippen LogP contribution in [0, 0.1) is 0 Å². The number of aromatic nitrogens is 2. The molecule has 0 saturated carbocycles. The Bertz CT molecular complexity index is 527. The first-order valence-corrected chi connectivity index (χ1v) is 6.49. The topological polar surface area (TPSA) is 38.2 Å². The van der Waals surface area contributed by atoms with E-state index >= 15 is 0 Å². The fraction of sp³-hybridized carbons (Fsp3) is 0.333. The van der Waals surface area contributed by atoms with Crippen LogP contribution in [0.3, 0.4) is 0 Å². The molecule has 108 valence electrons. The van der Waals surface area contributed by atoms with Crippen LogP contribution in [-0.2, 0) is 0 Å². The van der Waals surface area contributed by atoms with Crippen LogP contribution >= 0.6 is 12.4 Å². The summed E-state index contributed by atoms with van der Waals surface area (Å²) in [7, 11) is 1.66. The van der Waals surface area contributed by atoms with Crippen LogP contribution in [0.2, 0.25) is 0 Å². The summed E-state index contributed by atoms with van der Waals surface area (Å²) in [5.74, 6) is 1.81. The van der Waals surface area contributed by atoms with Crippen molar-refractivity contribution in [3.63, 3.8) is 0 Å². The summed E-state index contributed by atoms with van der Waals surface area (Å²) >= 11 is 0. The van der Waals surface area contributed by atoms with Crippen LogP contribution in [0.15, 0.2) is 36.7 Å². The van der Waals surface area contributed by atoms with E-state index in [0.717, 1.165) is 35.9 Å². The maximum Gasteiger partial charge on any atom is 0.132 e. The van der Waals surface area contributed by atoms with Crippen molar-refractivity contribution in [3.8, 4) is 17.0 Å². The van der Waals surface area contributed by atoms with E-state index in [1.807, 2.05) is 30.3 Å². The molecule has 0 saturated heterocycles. The Morgan fingerprint density at radius 3 is 2.25 bits per heavy atom. The summed E-state index contributed by atoms with van der Waals surface area (Å²) in [6.07, 6.45) is 1.62. The molecule has 20 heavy (non-hydrogen) atoms. The van der Waals surface area contributed by atoms with Crippen molar-refractivity contribution in [2.24, 2.45) is 0 Å². The molecule has 0 unspecified atom stereocenters. The molecule has 0 aliphatic rings. The molecular formula is C15H20ClN3O. The Morgan fingerprint density at radius 1 is 1.05 bits per heavy atom. The number of hydrogen-bond acceptors (Lipinski definition) is 4. The molecule has 0 aliphatic heterocycles. The van der Waals surface area contributed by atoms with E-state index in [0.29, 0.717) is 0 Å². The molecule has 0 aliphatic carbocycles. The summed E-state index contributed by atoms with van der Waals surface area (Å²) in [6, 6.07) is 9.91. The number of rotatable bonds is 5. The second-order valence-corrected chi connectivity index (χ2v) is 4.16. The van der Waals surface area contributed by atoms with Gasteiger partial charge < -0.3 is 9.64 Å². The fourth-order valence-corrected chi connectivity index (χ4v) is 1.99. The quantitative estimate of drug-likeness (QED) is 0.847. The molecule has 0 bridgehead atoms. The van der Waals surface area contributed by atoms with E-state index in [1.165, 1.54) is 0 Å². The van der Waals surface area contributed by atoms with Gasteiger partial charge in [0.05, 0.1) is 12.8 Å². The van der Waals surface area contributed by atoms with E-state index in [1.54, 1.807) is 13.4 Å². The second kappa shape index (κ2) is 7.70. The Kier molecular flexibility index (Phi) is 6.25. The zero-order valence-corrected chi connectivity index (χ0v) is 12.9. The number of anilines is 1. The molecule has 1 aromatic carbocycles. The summed E-state index contributed by atoms with van der Waals surface area (Å²) in [6.45, 7) is 6.13. The highest BCUT2D eigenvalue weighted by Crippen LogP contribution is 2.22. The summed E-state index contributed by atoms with van der Waals surface area (Å²) < 4.78 is 5.16. The third kappa shape index (κ3) is 3.61. The smallest absolute Gasteiger partial charge is 0.132 e. The number of halogens is 1. The van der Waals surface area contributed by atoms with Crippen LogP contribution in [0.4, 0.5) is 5.82 Å². The third-order valence-electron chi connectivity index (χ3n) is 3.13. The van der Waals surface area contributed by atoms with Gasteiger partial charge in [-0.15, -0.1) is 12.4 Å². The highest BCUT2D eigenvalue weighted by molar-refractivity contribution is 5.85. The van der Waals surface area contributed by atoms with Crippen LogP contribution in [0.1, 0.15) is 13.8 Å². The van der Waals surface area contributed by atoms with Gasteiger partial charge in [-0.2, -0.15) is 0 Å². The van der Waals surface area contributed by atoms with Crippen molar-refractivity contribution < 1.29 is 4.74 Å². The van der Waals surface area contributed by atoms with Gasteiger partial charge in [-0.25, -0.2) is 9.97 Å². The zero-order chi connectivity index (χ0) is 13.7. The molecule has 4 nitrogen and oxygen atoms in total. The molecule has 5 heteroatoms. The van der Waals surface area contributed by atoms with Crippen molar-refractivity contribution in [1.29, 1.82) is 0 Å². The van der Waals surface area contributed by atoms with Gasteiger partial charge in [-0.05, 0) is 38.1 Å². The highest BCUT2D eigenvalue weighted by Gasteiger charge is 2.06. The van der Waals surface area contributed by atoms with Gasteiger partial charge in [-0.1, -0.05) is 0 Å². The Balaban J connectivity index is 0.00000200. The van der Waals surface area contributed by atoms with Crippen LogP contribution < -0.4 is 9.64 Å². The molecule has 2 rings (SSSR count). The maximum absolute atomic E-state index is 5.16. The molecule has 1 aromatic heterocycles. The first kappa shape index (κ1) is 16.2. The largest absolute Gasteiger partial charge is 0.497 e. The minimum absolute atomic E-state index is 0. The van der Waals surface area contributed by atoms with E-state index in [2.05, 4.69) is 28.7 Å². The molecule has 1 heterocycles. The summed E-state index contributed by atoms with van der Waals surface area (Å²) in [5.41, 5.74) is 2.00. The average molecular weight is 294 g/mol. The minimum Gasteiger partial charge on any atom is -0.497 e. The molecule has 0 radical (unpaired) electrons. The van der Waals surface area contributed by atoms with Crippen LogP contribution in [0.25, 0.3) is 11.3 Å². The lowest BCUT2D eigenvalue weighted by molar-refractivity contribution is 0.415. The second-order valence-electron chi connectivity index (χ2n) is 4.16. The fourth-order valence-electron chi connectivity index (χ4n) is 1.99. The van der Waals surface area contributed by atoms with E-state index in [9.17, 15) is 0 Å². The number of nitrogens with zero attached hydrogens (tertiary/aromatic N) is 3. The van der Waals surface area contributed by atoms with Crippen molar-refractivity contribution in [3.05, 3.63) is 36.7 Å². The van der Waals surface area contributed by atoms with Crippen molar-refractivity contribution >= 4 is 18.2 Å². The molecule has 0 spiro atoms. The van der Waals surface area contributed by atoms with Crippen molar-refractivity contribution in [2.45, 2.75) is 13.8 Å². The molecule has 0 amide bonds. The highest BCUT2D eigenvalue weighted by atomic mass is 35.5. The Morgan fingerprint density at radius 2 is 1.70 bits per heavy atom. The lowest BCUT2D eigenvalue weighted by atomic mass is 10.1. The number of ether oxygens (including phenoxy) is 1. The van der Waals surface area contributed by atoms with E-state index in [4.69, 9.17) is 4.74 Å². The standard InChI is InChI=1S/C15H19N3O.ClH/c1-4-18(5-2)15-10-14(16-11-17-15)12-6-8-13(19-3)9-7-12;/h6-11H,4-5H2,1-3H3;1H. The van der Waals surface area contributed by atoms with Gasteiger partial charge in [-0.3, -0.25) is 0 Å². The minimum atomic E-state index is 0. The van der Waals surface area contributed by atoms with Crippen molar-refractivity contribution in [1.82, 2.24) is 9.97 Å². The molecule has 0 atom stereocenters. The zero-order valence-electron chi connectivity index (χ0n) is 12.0. The average Bonchev–Trinajstić information content (AvgIpc) is 2.49. The monoisotopic (exact) mass is 293 g/mol. The van der Waals surface area contributed by atoms with Crippen LogP contribution in [-0.4, -0.2) is 30.2 Å². The first-order chi connectivity index (χ1) is 9.28. The lowest BCUT2D eigenvalue weighted by Gasteiger charge is -2.19. The maximum atomic E-state index is 5.16. The molecular weight excluding hydrogens is 274 g/mol. The molecule has 2 aromatic rings. The van der Waals surface area contributed by atoms with Crippen LogP contribution in [0.5, 0.6) is 5.75 Å². The van der Waals surface area contributed by atoms with Gasteiger partial charge in [0, 0.05) is 24.7 Å². The van der Waals surface area contributed by atoms with Gasteiger partial charge in [0.1, 0.15) is 17.9 Å². The van der Waals surface area contributed by atoms with Gasteiger partial charge >= 0.3 is 0 Å². The Hall–Kier alpha value is -1.81. The van der Waals surface area contributed by atoms with E-state index < -0.39 is 0 Å². The van der Waals surface area contributed by atoms with Crippen molar-refractivity contribution in [2.75, 3.05) is 25.1 Å². The number of methoxy groups -OCH3 is 1.